The highest BCUT2D eigenvalue weighted by molar-refractivity contribution is 6.30. The summed E-state index contributed by atoms with van der Waals surface area (Å²) in [4.78, 5) is 48.0. The van der Waals surface area contributed by atoms with Gasteiger partial charge >= 0.3 is 5.97 Å². The van der Waals surface area contributed by atoms with Crippen LogP contribution in [0.4, 0.5) is 0 Å². The van der Waals surface area contributed by atoms with Crippen molar-refractivity contribution in [1.29, 1.82) is 0 Å². The topological polar surface area (TPSA) is 92.4 Å². The molecule has 1 N–H and O–H groups in total. The van der Waals surface area contributed by atoms with Gasteiger partial charge in [0.1, 0.15) is 5.69 Å². The number of esters is 1. The van der Waals surface area contributed by atoms with Crippen molar-refractivity contribution >= 4 is 29.3 Å². The average Bonchev–Trinajstić information content (AvgIpc) is 3.11. The molecule has 0 fully saturated rings. The SMILES string of the molecule is CCOC(=O)c1[nH]c(C)c(C(=O)[C@@H](C)N(Cc2ccccn2)C(=O)c2ccc(Cl)cc2)c1C. The molecule has 7 nitrogen and oxygen atoms in total. The second-order valence-electron chi connectivity index (χ2n) is 7.65. The Morgan fingerprint density at radius 3 is 2.42 bits per heavy atom. The number of aromatic nitrogens is 2. The van der Waals surface area contributed by atoms with Crippen LogP contribution >= 0.6 is 11.6 Å². The summed E-state index contributed by atoms with van der Waals surface area (Å²) < 4.78 is 5.08. The largest absolute Gasteiger partial charge is 0.461 e. The van der Waals surface area contributed by atoms with Gasteiger partial charge in [0, 0.05) is 28.0 Å². The van der Waals surface area contributed by atoms with Gasteiger partial charge in [0.05, 0.1) is 24.9 Å². The molecule has 33 heavy (non-hydrogen) atoms. The van der Waals surface area contributed by atoms with Gasteiger partial charge in [-0.15, -0.1) is 0 Å². The first kappa shape index (κ1) is 24.2. The van der Waals surface area contributed by atoms with Crippen molar-refractivity contribution in [2.24, 2.45) is 0 Å². The fourth-order valence-corrected chi connectivity index (χ4v) is 3.81. The Morgan fingerprint density at radius 2 is 1.82 bits per heavy atom. The molecule has 3 rings (SSSR count). The molecule has 1 aromatic carbocycles. The van der Waals surface area contributed by atoms with Crippen LogP contribution in [0, 0.1) is 13.8 Å². The van der Waals surface area contributed by atoms with E-state index in [2.05, 4.69) is 9.97 Å². The number of rotatable bonds is 8. The number of carbonyl (C=O) groups excluding carboxylic acids is 3. The molecular formula is C25H26ClN3O4. The Morgan fingerprint density at radius 1 is 1.12 bits per heavy atom. The number of aromatic amines is 1. The fraction of sp³-hybridized carbons (Fsp3) is 0.280. The van der Waals surface area contributed by atoms with Crippen molar-refractivity contribution in [2.75, 3.05) is 6.61 Å². The van der Waals surface area contributed by atoms with Gasteiger partial charge < -0.3 is 14.6 Å². The van der Waals surface area contributed by atoms with Gasteiger partial charge in [0.25, 0.3) is 5.91 Å². The smallest absolute Gasteiger partial charge is 0.355 e. The molecule has 0 aliphatic heterocycles. The van der Waals surface area contributed by atoms with Gasteiger partial charge in [-0.3, -0.25) is 14.6 Å². The third-order valence-corrected chi connectivity index (χ3v) is 5.67. The number of nitrogens with zero attached hydrogens (tertiary/aromatic N) is 2. The molecular weight excluding hydrogens is 442 g/mol. The molecule has 0 spiro atoms. The number of amides is 1. The highest BCUT2D eigenvalue weighted by atomic mass is 35.5. The van der Waals surface area contributed by atoms with Gasteiger partial charge in [0.2, 0.25) is 0 Å². The Balaban J connectivity index is 1.98. The van der Waals surface area contributed by atoms with E-state index in [1.165, 1.54) is 4.90 Å². The number of hydrogen-bond acceptors (Lipinski definition) is 5. The van der Waals surface area contributed by atoms with E-state index in [1.54, 1.807) is 70.3 Å². The zero-order valence-corrected chi connectivity index (χ0v) is 19.8. The zero-order valence-electron chi connectivity index (χ0n) is 19.0. The lowest BCUT2D eigenvalue weighted by molar-refractivity contribution is 0.0518. The Kier molecular flexibility index (Phi) is 7.66. The van der Waals surface area contributed by atoms with Crippen LogP contribution in [0.2, 0.25) is 5.02 Å². The molecule has 1 amide bonds. The summed E-state index contributed by atoms with van der Waals surface area (Å²) in [6.07, 6.45) is 1.64. The standard InChI is InChI=1S/C25H26ClN3O4/c1-5-33-25(32)22-15(2)21(16(3)28-22)23(30)17(4)29(14-20-8-6-7-13-27-20)24(31)18-9-11-19(26)12-10-18/h6-13,17,28H,5,14H2,1-4H3/t17-/m1/s1. The fourth-order valence-electron chi connectivity index (χ4n) is 3.69. The minimum Gasteiger partial charge on any atom is -0.461 e. The molecule has 8 heteroatoms. The monoisotopic (exact) mass is 467 g/mol. The van der Waals surface area contributed by atoms with E-state index < -0.39 is 12.0 Å². The molecule has 0 radical (unpaired) electrons. The van der Waals surface area contributed by atoms with Crippen LogP contribution in [-0.2, 0) is 11.3 Å². The quantitative estimate of drug-likeness (QED) is 0.380. The van der Waals surface area contributed by atoms with Crippen molar-refractivity contribution in [3.05, 3.63) is 87.5 Å². The molecule has 172 valence electrons. The van der Waals surface area contributed by atoms with E-state index in [9.17, 15) is 14.4 Å². The number of Topliss-reactive ketones (excluding diaryl/α,β-unsaturated/α-hetero) is 1. The summed E-state index contributed by atoms with van der Waals surface area (Å²) in [5.41, 5.74) is 2.72. The summed E-state index contributed by atoms with van der Waals surface area (Å²) >= 11 is 5.97. The number of nitrogens with one attached hydrogen (secondary N) is 1. The lowest BCUT2D eigenvalue weighted by Crippen LogP contribution is -2.43. The number of pyridine rings is 1. The normalized spacial score (nSPS) is 11.7. The van der Waals surface area contributed by atoms with Gasteiger partial charge in [-0.1, -0.05) is 17.7 Å². The van der Waals surface area contributed by atoms with E-state index in [4.69, 9.17) is 16.3 Å². The molecule has 2 heterocycles. The average molecular weight is 468 g/mol. The van der Waals surface area contributed by atoms with Crippen LogP contribution in [0.15, 0.2) is 48.7 Å². The van der Waals surface area contributed by atoms with Gasteiger partial charge in [-0.05, 0) is 69.7 Å². The number of H-pyrrole nitrogens is 1. The second-order valence-corrected chi connectivity index (χ2v) is 8.08. The Labute approximate surface area is 197 Å². The summed E-state index contributed by atoms with van der Waals surface area (Å²) in [7, 11) is 0. The lowest BCUT2D eigenvalue weighted by Gasteiger charge is -2.28. The molecule has 0 aliphatic rings. The molecule has 0 bridgehead atoms. The van der Waals surface area contributed by atoms with Crippen molar-refractivity contribution < 1.29 is 19.1 Å². The number of halogens is 1. The van der Waals surface area contributed by atoms with Crippen molar-refractivity contribution in [1.82, 2.24) is 14.9 Å². The van der Waals surface area contributed by atoms with E-state index >= 15 is 0 Å². The second kappa shape index (κ2) is 10.4. The highest BCUT2D eigenvalue weighted by Gasteiger charge is 2.32. The first-order chi connectivity index (χ1) is 15.7. The molecule has 2 aromatic heterocycles. The molecule has 0 aliphatic carbocycles. The van der Waals surface area contributed by atoms with Crippen LogP contribution in [0.3, 0.4) is 0 Å². The number of ether oxygens (including phenoxy) is 1. The summed E-state index contributed by atoms with van der Waals surface area (Å²) in [6, 6.07) is 11.1. The predicted octanol–water partition coefficient (Wildman–Crippen LogP) is 4.77. The summed E-state index contributed by atoms with van der Waals surface area (Å²) in [6.45, 7) is 7.18. The van der Waals surface area contributed by atoms with Crippen LogP contribution in [-0.4, -0.2) is 45.2 Å². The molecule has 3 aromatic rings. The first-order valence-corrected chi connectivity index (χ1v) is 11.0. The third kappa shape index (κ3) is 5.31. The molecule has 1 atom stereocenters. The maximum Gasteiger partial charge on any atom is 0.355 e. The van der Waals surface area contributed by atoms with Crippen molar-refractivity contribution in [3.63, 3.8) is 0 Å². The first-order valence-electron chi connectivity index (χ1n) is 10.6. The lowest BCUT2D eigenvalue weighted by atomic mass is 9.99. The maximum absolute atomic E-state index is 13.6. The van der Waals surface area contributed by atoms with Gasteiger partial charge in [-0.2, -0.15) is 0 Å². The molecule has 0 unspecified atom stereocenters. The van der Waals surface area contributed by atoms with Crippen LogP contribution < -0.4 is 0 Å². The number of hydrogen-bond donors (Lipinski definition) is 1. The zero-order chi connectivity index (χ0) is 24.1. The van der Waals surface area contributed by atoms with Gasteiger partial charge in [0.15, 0.2) is 5.78 Å². The minimum absolute atomic E-state index is 0.141. The summed E-state index contributed by atoms with van der Waals surface area (Å²) in [5, 5.41) is 0.511. The van der Waals surface area contributed by atoms with E-state index in [0.29, 0.717) is 33.1 Å². The third-order valence-electron chi connectivity index (χ3n) is 5.42. The minimum atomic E-state index is -0.821. The highest BCUT2D eigenvalue weighted by Crippen LogP contribution is 2.24. The van der Waals surface area contributed by atoms with Crippen LogP contribution in [0.1, 0.15) is 62.0 Å². The van der Waals surface area contributed by atoms with Crippen molar-refractivity contribution in [2.45, 2.75) is 40.3 Å². The number of carbonyl (C=O) groups is 3. The molecule has 0 saturated heterocycles. The summed E-state index contributed by atoms with van der Waals surface area (Å²) in [5.74, 6) is -1.13. The number of ketones is 1. The number of aryl methyl sites for hydroxylation is 1. The van der Waals surface area contributed by atoms with E-state index in [1.807, 2.05) is 6.07 Å². The van der Waals surface area contributed by atoms with E-state index in [-0.39, 0.29) is 30.5 Å². The van der Waals surface area contributed by atoms with Crippen molar-refractivity contribution in [3.8, 4) is 0 Å². The predicted molar refractivity (Wildman–Crippen MR) is 126 cm³/mol. The Hall–Kier alpha value is -3.45. The van der Waals surface area contributed by atoms with Crippen LogP contribution in [0.25, 0.3) is 0 Å². The van der Waals surface area contributed by atoms with Crippen LogP contribution in [0.5, 0.6) is 0 Å². The Bertz CT molecular complexity index is 1160. The van der Waals surface area contributed by atoms with Gasteiger partial charge in [-0.25, -0.2) is 4.79 Å². The number of benzene rings is 1. The maximum atomic E-state index is 13.6. The van der Waals surface area contributed by atoms with E-state index in [0.717, 1.165) is 0 Å². The molecule has 0 saturated carbocycles.